The molecule has 3 aromatic rings. The lowest BCUT2D eigenvalue weighted by Crippen LogP contribution is -2.26. The van der Waals surface area contributed by atoms with E-state index in [1.54, 1.807) is 43.7 Å². The molecule has 0 aliphatic heterocycles. The zero-order valence-electron chi connectivity index (χ0n) is 18.3. The second kappa shape index (κ2) is 11.1. The molecular weight excluding hydrogens is 477 g/mol. The van der Waals surface area contributed by atoms with Gasteiger partial charge in [0, 0.05) is 38.2 Å². The molecule has 0 spiro atoms. The van der Waals surface area contributed by atoms with Crippen LogP contribution in [-0.2, 0) is 7.05 Å². The Labute approximate surface area is 195 Å². The largest absolute Gasteiger partial charge is 0.381 e. The number of nitrogens with one attached hydrogen (secondary N) is 3. The summed E-state index contributed by atoms with van der Waals surface area (Å²) in [4.78, 5) is 23.1. The van der Waals surface area contributed by atoms with E-state index in [4.69, 9.17) is 0 Å². The zero-order valence-corrected chi connectivity index (χ0v) is 19.9. The third kappa shape index (κ3) is 6.27. The van der Waals surface area contributed by atoms with Crippen LogP contribution >= 0.6 is 15.9 Å². The monoisotopic (exact) mass is 503 g/mol. The Morgan fingerprint density at radius 1 is 1.19 bits per heavy atom. The lowest BCUT2D eigenvalue weighted by atomic mass is 10.2. The maximum Gasteiger partial charge on any atom is 0.274 e. The first-order chi connectivity index (χ1) is 15.4. The second-order valence-corrected chi connectivity index (χ2v) is 8.26. The maximum absolute atomic E-state index is 14.5. The van der Waals surface area contributed by atoms with Gasteiger partial charge in [0.15, 0.2) is 5.82 Å². The van der Waals surface area contributed by atoms with Gasteiger partial charge in [-0.25, -0.2) is 9.37 Å². The smallest absolute Gasteiger partial charge is 0.274 e. The summed E-state index contributed by atoms with van der Waals surface area (Å²) >= 11 is 3.39. The first kappa shape index (κ1) is 23.7. The summed E-state index contributed by atoms with van der Waals surface area (Å²) in [7, 11) is 3.72. The molecule has 0 aliphatic carbocycles. The SMILES string of the molecule is CCCN(C)CCNc1ccc(Nc2ncc(Br)c(Nc3cccn(C)c3=O)n2)cc1F. The first-order valence-electron chi connectivity index (χ1n) is 10.3. The number of likely N-dealkylation sites (N-methyl/N-ethyl adjacent to an activating group) is 1. The van der Waals surface area contributed by atoms with Crippen molar-refractivity contribution in [3.8, 4) is 0 Å². The molecule has 2 heterocycles. The molecular formula is C22H27BrFN7O. The van der Waals surface area contributed by atoms with Crippen molar-refractivity contribution in [3.05, 3.63) is 63.4 Å². The summed E-state index contributed by atoms with van der Waals surface area (Å²) in [6.45, 7) is 4.63. The van der Waals surface area contributed by atoms with Gasteiger partial charge in [-0.3, -0.25) is 4.79 Å². The highest BCUT2D eigenvalue weighted by Gasteiger charge is 2.10. The normalized spacial score (nSPS) is 10.9. The van der Waals surface area contributed by atoms with Crippen LogP contribution in [0.1, 0.15) is 13.3 Å². The Bertz CT molecular complexity index is 1120. The number of aryl methyl sites for hydroxylation is 1. The molecule has 0 amide bonds. The molecule has 1 aromatic carbocycles. The van der Waals surface area contributed by atoms with Crippen LogP contribution in [-0.4, -0.2) is 46.1 Å². The van der Waals surface area contributed by atoms with E-state index in [1.165, 1.54) is 10.6 Å². The van der Waals surface area contributed by atoms with Gasteiger partial charge in [0.2, 0.25) is 5.95 Å². The van der Waals surface area contributed by atoms with E-state index in [9.17, 15) is 9.18 Å². The van der Waals surface area contributed by atoms with Crippen LogP contribution in [0.5, 0.6) is 0 Å². The number of rotatable bonds is 10. The third-order valence-corrected chi connectivity index (χ3v) is 5.34. The molecule has 0 fully saturated rings. The van der Waals surface area contributed by atoms with Gasteiger partial charge in [0.05, 0.1) is 10.2 Å². The lowest BCUT2D eigenvalue weighted by Gasteiger charge is -2.16. The Hall–Kier alpha value is -2.98. The number of halogens is 2. The number of nitrogens with zero attached hydrogens (tertiary/aromatic N) is 4. The second-order valence-electron chi connectivity index (χ2n) is 7.40. The average molecular weight is 504 g/mol. The van der Waals surface area contributed by atoms with Crippen LogP contribution in [0.2, 0.25) is 0 Å². The van der Waals surface area contributed by atoms with E-state index in [2.05, 4.69) is 53.7 Å². The molecule has 0 atom stereocenters. The van der Waals surface area contributed by atoms with Crippen LogP contribution in [0.15, 0.2) is 52.0 Å². The van der Waals surface area contributed by atoms with Crippen molar-refractivity contribution >= 4 is 44.8 Å². The van der Waals surface area contributed by atoms with E-state index in [-0.39, 0.29) is 17.3 Å². The minimum absolute atomic E-state index is 0.182. The van der Waals surface area contributed by atoms with Crippen molar-refractivity contribution in [1.82, 2.24) is 19.4 Å². The molecule has 0 unspecified atom stereocenters. The predicted octanol–water partition coefficient (Wildman–Crippen LogP) is 4.32. The molecule has 0 saturated carbocycles. The third-order valence-electron chi connectivity index (χ3n) is 4.76. The predicted molar refractivity (Wildman–Crippen MR) is 131 cm³/mol. The van der Waals surface area contributed by atoms with Crippen molar-refractivity contribution in [2.75, 3.05) is 42.6 Å². The van der Waals surface area contributed by atoms with Crippen molar-refractivity contribution in [1.29, 1.82) is 0 Å². The van der Waals surface area contributed by atoms with E-state index in [0.717, 1.165) is 19.5 Å². The highest BCUT2D eigenvalue weighted by atomic mass is 79.9. The molecule has 0 bridgehead atoms. The van der Waals surface area contributed by atoms with Crippen LogP contribution in [0, 0.1) is 5.82 Å². The van der Waals surface area contributed by atoms with Crippen molar-refractivity contribution in [2.45, 2.75) is 13.3 Å². The van der Waals surface area contributed by atoms with E-state index >= 15 is 0 Å². The molecule has 10 heteroatoms. The van der Waals surface area contributed by atoms with Crippen LogP contribution < -0.4 is 21.5 Å². The topological polar surface area (TPSA) is 87.1 Å². The fourth-order valence-electron chi connectivity index (χ4n) is 3.08. The van der Waals surface area contributed by atoms with E-state index in [1.807, 2.05) is 7.05 Å². The summed E-state index contributed by atoms with van der Waals surface area (Å²) in [5.41, 5.74) is 1.16. The maximum atomic E-state index is 14.5. The van der Waals surface area contributed by atoms with E-state index < -0.39 is 0 Å². The molecule has 3 rings (SSSR count). The number of aromatic nitrogens is 3. The summed E-state index contributed by atoms with van der Waals surface area (Å²) < 4.78 is 16.6. The van der Waals surface area contributed by atoms with Gasteiger partial charge in [0.1, 0.15) is 11.5 Å². The molecule has 3 N–H and O–H groups in total. The molecule has 2 aromatic heterocycles. The van der Waals surface area contributed by atoms with Gasteiger partial charge in [0.25, 0.3) is 5.56 Å². The Morgan fingerprint density at radius 2 is 2.00 bits per heavy atom. The van der Waals surface area contributed by atoms with E-state index in [0.29, 0.717) is 33.9 Å². The Balaban J connectivity index is 1.68. The highest BCUT2D eigenvalue weighted by molar-refractivity contribution is 9.10. The van der Waals surface area contributed by atoms with Crippen molar-refractivity contribution < 1.29 is 4.39 Å². The molecule has 32 heavy (non-hydrogen) atoms. The van der Waals surface area contributed by atoms with Gasteiger partial charge in [-0.05, 0) is 66.3 Å². The zero-order chi connectivity index (χ0) is 23.1. The minimum atomic E-state index is -0.364. The van der Waals surface area contributed by atoms with Crippen LogP contribution in [0.25, 0.3) is 0 Å². The molecule has 8 nitrogen and oxygen atoms in total. The first-order valence-corrected chi connectivity index (χ1v) is 11.1. The molecule has 0 radical (unpaired) electrons. The van der Waals surface area contributed by atoms with Gasteiger partial charge in [-0.1, -0.05) is 6.92 Å². The van der Waals surface area contributed by atoms with Gasteiger partial charge in [-0.2, -0.15) is 4.98 Å². The van der Waals surface area contributed by atoms with Gasteiger partial charge < -0.3 is 25.4 Å². The van der Waals surface area contributed by atoms with Crippen LogP contribution in [0.4, 0.5) is 33.2 Å². The van der Waals surface area contributed by atoms with Crippen LogP contribution in [0.3, 0.4) is 0 Å². The van der Waals surface area contributed by atoms with Crippen molar-refractivity contribution in [2.24, 2.45) is 7.05 Å². The standard InChI is InChI=1S/C22H27BrFN7O/c1-4-10-30(2)12-9-25-18-8-7-15(13-17(18)24)27-22-26-14-16(23)20(29-22)28-19-6-5-11-31(3)21(19)32/h5-8,11,13-14,25H,4,9-10,12H2,1-3H3,(H2,26,27,28,29). The molecule has 0 aliphatic rings. The summed E-state index contributed by atoms with van der Waals surface area (Å²) in [5, 5.41) is 9.13. The fourth-order valence-corrected chi connectivity index (χ4v) is 3.37. The van der Waals surface area contributed by atoms with Gasteiger partial charge >= 0.3 is 0 Å². The molecule has 170 valence electrons. The number of hydrogen-bond donors (Lipinski definition) is 3. The number of hydrogen-bond acceptors (Lipinski definition) is 7. The average Bonchev–Trinajstić information content (AvgIpc) is 2.75. The molecule has 0 saturated heterocycles. The minimum Gasteiger partial charge on any atom is -0.381 e. The summed E-state index contributed by atoms with van der Waals surface area (Å²) in [6, 6.07) is 8.27. The number of pyridine rings is 1. The number of anilines is 5. The quantitative estimate of drug-likeness (QED) is 0.379. The summed E-state index contributed by atoms with van der Waals surface area (Å²) in [6.07, 6.45) is 4.32. The Kier molecular flexibility index (Phi) is 8.18. The fraction of sp³-hybridized carbons (Fsp3) is 0.318. The lowest BCUT2D eigenvalue weighted by molar-refractivity contribution is 0.347. The van der Waals surface area contributed by atoms with Gasteiger partial charge in [-0.15, -0.1) is 0 Å². The highest BCUT2D eigenvalue weighted by Crippen LogP contribution is 2.25. The summed E-state index contributed by atoms with van der Waals surface area (Å²) in [5.74, 6) is 0.321. The Morgan fingerprint density at radius 3 is 2.75 bits per heavy atom. The number of benzene rings is 1. The van der Waals surface area contributed by atoms with Crippen molar-refractivity contribution in [3.63, 3.8) is 0 Å².